The molecule has 2 aromatic rings. The van der Waals surface area contributed by atoms with Gasteiger partial charge in [0.15, 0.2) is 4.34 Å². The number of esters is 1. The normalized spacial score (nSPS) is 14.9. The summed E-state index contributed by atoms with van der Waals surface area (Å²) in [4.78, 5) is 24.2. The number of hydrogen-bond acceptors (Lipinski definition) is 10. The third kappa shape index (κ3) is 6.01. The van der Waals surface area contributed by atoms with E-state index in [1.165, 1.54) is 10.4 Å². The molecule has 2 heterocycles. The number of amides is 1. The summed E-state index contributed by atoms with van der Waals surface area (Å²) >= 11 is 2.27. The highest BCUT2D eigenvalue weighted by Gasteiger charge is 2.28. The first kappa shape index (κ1) is 23.6. The summed E-state index contributed by atoms with van der Waals surface area (Å²) < 4.78 is 37.9. The number of nitrogens with one attached hydrogen (secondary N) is 1. The average molecular weight is 487 g/mol. The molecule has 1 saturated heterocycles. The van der Waals surface area contributed by atoms with Gasteiger partial charge in [-0.3, -0.25) is 14.9 Å². The van der Waals surface area contributed by atoms with Crippen LogP contribution >= 0.6 is 23.1 Å². The molecule has 0 aliphatic carbocycles. The summed E-state index contributed by atoms with van der Waals surface area (Å²) in [5.74, 6) is -0.768. The molecule has 13 heteroatoms. The summed E-state index contributed by atoms with van der Waals surface area (Å²) in [6.45, 7) is 4.94. The second-order valence-electron chi connectivity index (χ2n) is 6.42. The molecule has 0 bridgehead atoms. The van der Waals surface area contributed by atoms with E-state index in [2.05, 4.69) is 15.5 Å². The Morgan fingerprint density at radius 2 is 2.03 bits per heavy atom. The zero-order chi connectivity index (χ0) is 22.4. The molecule has 1 aliphatic rings. The lowest BCUT2D eigenvalue weighted by Crippen LogP contribution is -2.40. The minimum absolute atomic E-state index is 0.0880. The van der Waals surface area contributed by atoms with E-state index in [9.17, 15) is 18.0 Å². The van der Waals surface area contributed by atoms with Crippen molar-refractivity contribution in [1.82, 2.24) is 14.5 Å². The predicted octanol–water partition coefficient (Wildman–Crippen LogP) is 1.77. The Morgan fingerprint density at radius 1 is 1.29 bits per heavy atom. The Balaban J connectivity index is 1.70. The number of benzene rings is 1. The zero-order valence-corrected chi connectivity index (χ0v) is 19.4. The Bertz CT molecular complexity index is 1050. The molecule has 10 nitrogen and oxygen atoms in total. The van der Waals surface area contributed by atoms with Gasteiger partial charge in [-0.2, -0.15) is 4.31 Å². The van der Waals surface area contributed by atoms with Crippen LogP contribution in [0.15, 0.2) is 27.4 Å². The van der Waals surface area contributed by atoms with Crippen molar-refractivity contribution in [3.8, 4) is 0 Å². The Morgan fingerprint density at radius 3 is 2.74 bits per heavy atom. The van der Waals surface area contributed by atoms with E-state index in [0.717, 1.165) is 23.1 Å². The maximum atomic E-state index is 13.0. The second-order valence-corrected chi connectivity index (χ2v) is 10.5. The lowest BCUT2D eigenvalue weighted by atomic mass is 10.1. The molecule has 0 radical (unpaired) electrons. The van der Waals surface area contributed by atoms with Crippen molar-refractivity contribution in [3.05, 3.63) is 29.3 Å². The topological polar surface area (TPSA) is 128 Å². The number of ether oxygens (including phenoxy) is 2. The number of hydrogen-bond donors (Lipinski definition) is 1. The summed E-state index contributed by atoms with van der Waals surface area (Å²) in [5, 5.41) is 10.7. The first-order chi connectivity index (χ1) is 14.8. The number of nitrogens with zero attached hydrogens (tertiary/aromatic N) is 3. The van der Waals surface area contributed by atoms with Gasteiger partial charge >= 0.3 is 5.97 Å². The van der Waals surface area contributed by atoms with Crippen LogP contribution in [0.2, 0.25) is 0 Å². The number of aryl methyl sites for hydroxylation is 1. The maximum Gasteiger partial charge on any atom is 0.316 e. The van der Waals surface area contributed by atoms with Gasteiger partial charge in [-0.05, 0) is 31.5 Å². The number of thioether (sulfide) groups is 1. The Kier molecular flexibility index (Phi) is 8.00. The van der Waals surface area contributed by atoms with Crippen LogP contribution in [0.25, 0.3) is 0 Å². The van der Waals surface area contributed by atoms with E-state index in [0.29, 0.717) is 29.7 Å². The fraction of sp³-hybridized carbons (Fsp3) is 0.444. The summed E-state index contributed by atoms with van der Waals surface area (Å²) in [6.07, 6.45) is 0. The number of sulfonamides is 1. The zero-order valence-electron chi connectivity index (χ0n) is 17.0. The van der Waals surface area contributed by atoms with Crippen molar-refractivity contribution in [1.29, 1.82) is 0 Å². The van der Waals surface area contributed by atoms with Gasteiger partial charge in [0.1, 0.15) is 0 Å². The molecule has 0 atom stereocenters. The predicted molar refractivity (Wildman–Crippen MR) is 116 cm³/mol. The minimum Gasteiger partial charge on any atom is -0.465 e. The molecular formula is C18H22N4O6S3. The van der Waals surface area contributed by atoms with Crippen molar-refractivity contribution >= 4 is 50.1 Å². The van der Waals surface area contributed by atoms with Crippen LogP contribution in [0.3, 0.4) is 0 Å². The highest BCUT2D eigenvalue weighted by molar-refractivity contribution is 8.01. The van der Waals surface area contributed by atoms with Gasteiger partial charge in [0, 0.05) is 18.7 Å². The van der Waals surface area contributed by atoms with Crippen LogP contribution in [-0.4, -0.2) is 73.5 Å². The number of carbonyl (C=O) groups excluding carboxylic acids is 2. The van der Waals surface area contributed by atoms with Crippen molar-refractivity contribution in [3.63, 3.8) is 0 Å². The lowest BCUT2D eigenvalue weighted by Gasteiger charge is -2.26. The van der Waals surface area contributed by atoms with Gasteiger partial charge in [0.2, 0.25) is 15.2 Å². The number of anilines is 1. The molecule has 1 aromatic heterocycles. The van der Waals surface area contributed by atoms with Crippen LogP contribution in [0, 0.1) is 6.92 Å². The first-order valence-corrected chi connectivity index (χ1v) is 12.7. The van der Waals surface area contributed by atoms with Crippen LogP contribution in [0.5, 0.6) is 0 Å². The Labute approximate surface area is 188 Å². The highest BCUT2D eigenvalue weighted by atomic mass is 32.2. The average Bonchev–Trinajstić information content (AvgIpc) is 3.20. The number of morpholine rings is 1. The maximum absolute atomic E-state index is 13.0. The number of aromatic nitrogens is 2. The monoisotopic (exact) mass is 486 g/mol. The smallest absolute Gasteiger partial charge is 0.316 e. The van der Waals surface area contributed by atoms with Crippen molar-refractivity contribution in [2.45, 2.75) is 23.1 Å². The second kappa shape index (κ2) is 10.5. The highest BCUT2D eigenvalue weighted by Crippen LogP contribution is 2.27. The summed E-state index contributed by atoms with van der Waals surface area (Å²) in [5.41, 5.74) is 0.741. The largest absolute Gasteiger partial charge is 0.465 e. The van der Waals surface area contributed by atoms with Crippen molar-refractivity contribution in [2.75, 3.05) is 44.0 Å². The molecule has 1 aromatic carbocycles. The molecule has 0 unspecified atom stereocenters. The molecule has 168 valence electrons. The number of rotatable bonds is 8. The van der Waals surface area contributed by atoms with E-state index in [-0.39, 0.29) is 40.4 Å². The van der Waals surface area contributed by atoms with Gasteiger partial charge in [-0.15, -0.1) is 10.2 Å². The fourth-order valence-electron chi connectivity index (χ4n) is 2.76. The quantitative estimate of drug-likeness (QED) is 0.337. The summed E-state index contributed by atoms with van der Waals surface area (Å²) in [6, 6.07) is 4.52. The van der Waals surface area contributed by atoms with E-state index in [4.69, 9.17) is 9.47 Å². The third-order valence-electron chi connectivity index (χ3n) is 4.28. The molecule has 1 aliphatic heterocycles. The molecule has 1 N–H and O–H groups in total. The van der Waals surface area contributed by atoms with Crippen molar-refractivity contribution in [2.24, 2.45) is 0 Å². The lowest BCUT2D eigenvalue weighted by molar-refractivity contribution is -0.139. The van der Waals surface area contributed by atoms with Crippen LogP contribution in [-0.2, 0) is 24.3 Å². The molecule has 31 heavy (non-hydrogen) atoms. The van der Waals surface area contributed by atoms with Gasteiger partial charge in [0.05, 0.1) is 30.5 Å². The van der Waals surface area contributed by atoms with Gasteiger partial charge < -0.3 is 9.47 Å². The third-order valence-corrected chi connectivity index (χ3v) is 8.27. The minimum atomic E-state index is -3.74. The SMILES string of the molecule is CCOC(=O)CSc1nnc(NC(=O)c2ccc(C)c(S(=O)(=O)N3CCOCC3)c2)s1. The Hall–Kier alpha value is -2.06. The van der Waals surface area contributed by atoms with E-state index in [1.54, 1.807) is 26.0 Å². The van der Waals surface area contributed by atoms with E-state index >= 15 is 0 Å². The molecule has 1 fully saturated rings. The molecular weight excluding hydrogens is 464 g/mol. The number of carbonyl (C=O) groups is 2. The van der Waals surface area contributed by atoms with Gasteiger partial charge in [-0.25, -0.2) is 8.42 Å². The van der Waals surface area contributed by atoms with Crippen LogP contribution in [0.1, 0.15) is 22.8 Å². The molecule has 0 spiro atoms. The standard InChI is InChI=1S/C18H22N4O6S3/c1-3-28-15(23)11-29-18-21-20-17(30-18)19-16(24)13-5-4-12(2)14(10-13)31(25,26)22-6-8-27-9-7-22/h4-5,10H,3,6-9,11H2,1-2H3,(H,19,20,24). The van der Waals surface area contributed by atoms with E-state index < -0.39 is 15.9 Å². The van der Waals surface area contributed by atoms with Crippen LogP contribution in [0.4, 0.5) is 5.13 Å². The van der Waals surface area contributed by atoms with Gasteiger partial charge in [0.25, 0.3) is 5.91 Å². The van der Waals surface area contributed by atoms with Crippen LogP contribution < -0.4 is 5.32 Å². The van der Waals surface area contributed by atoms with Gasteiger partial charge in [-0.1, -0.05) is 29.2 Å². The fourth-order valence-corrected chi connectivity index (χ4v) is 5.96. The first-order valence-electron chi connectivity index (χ1n) is 9.43. The van der Waals surface area contributed by atoms with Crippen molar-refractivity contribution < 1.29 is 27.5 Å². The van der Waals surface area contributed by atoms with E-state index in [1.807, 2.05) is 0 Å². The molecule has 0 saturated carbocycles. The molecule has 3 rings (SSSR count). The molecule has 1 amide bonds. The summed E-state index contributed by atoms with van der Waals surface area (Å²) in [7, 11) is -3.74.